The molecule has 0 amide bonds. The van der Waals surface area contributed by atoms with Gasteiger partial charge in [0.1, 0.15) is 11.5 Å². The molecule has 0 bridgehead atoms. The normalized spacial score (nSPS) is 9.60. The number of para-hydroxylation sites is 1. The van der Waals surface area contributed by atoms with Crippen LogP contribution < -0.4 is 0 Å². The number of rotatable bonds is 1. The van der Waals surface area contributed by atoms with Crippen LogP contribution in [-0.4, -0.2) is 30.4 Å². The minimum Gasteiger partial charge on any atom is -0.508 e. The number of phenols is 2. The third-order valence-electron chi connectivity index (χ3n) is 2.34. The molecule has 1 heterocycles. The largest absolute Gasteiger partial charge is 0.508 e. The second-order valence-electron chi connectivity index (χ2n) is 3.77. The maximum atomic E-state index is 8.65. The molecular weight excluding hydrogens is 276 g/mol. The highest BCUT2D eigenvalue weighted by molar-refractivity contribution is 7.71. The number of hydrogen-bond acceptors (Lipinski definition) is 5. The first-order chi connectivity index (χ1) is 9.66. The third kappa shape index (κ3) is 3.66. The Kier molecular flexibility index (Phi) is 4.46. The van der Waals surface area contributed by atoms with Crippen molar-refractivity contribution in [2.75, 3.05) is 0 Å². The number of hydrogen-bond donors (Lipinski definition) is 3. The highest BCUT2D eigenvalue weighted by Crippen LogP contribution is 2.13. The zero-order valence-corrected chi connectivity index (χ0v) is 11.2. The van der Waals surface area contributed by atoms with Crippen molar-refractivity contribution in [3.8, 4) is 17.2 Å². The number of phenolic OH excluding ortho intramolecular Hbond substituents is 2. The fourth-order valence-corrected chi connectivity index (χ4v) is 1.58. The smallest absolute Gasteiger partial charge is 0.242 e. The molecule has 20 heavy (non-hydrogen) atoms. The molecule has 0 aliphatic rings. The van der Waals surface area contributed by atoms with Crippen LogP contribution >= 0.6 is 12.2 Å². The van der Waals surface area contributed by atoms with Crippen LogP contribution in [0.2, 0.25) is 0 Å². The molecule has 0 atom stereocenters. The molecule has 0 radical (unpaired) electrons. The van der Waals surface area contributed by atoms with Gasteiger partial charge in [-0.25, -0.2) is 4.68 Å². The van der Waals surface area contributed by atoms with Crippen LogP contribution in [0.4, 0.5) is 0 Å². The van der Waals surface area contributed by atoms with Crippen LogP contribution in [0.15, 0.2) is 54.6 Å². The predicted molar refractivity (Wildman–Crippen MR) is 76.3 cm³/mol. The summed E-state index contributed by atoms with van der Waals surface area (Å²) in [6.45, 7) is 0. The first kappa shape index (κ1) is 13.8. The monoisotopic (exact) mass is 288 g/mol. The summed E-state index contributed by atoms with van der Waals surface area (Å²) in [6.07, 6.45) is 0. The summed E-state index contributed by atoms with van der Waals surface area (Å²) in [5.74, 6) is 0.339. The Morgan fingerprint density at radius 1 is 0.900 bits per heavy atom. The van der Waals surface area contributed by atoms with Crippen LogP contribution in [-0.2, 0) is 0 Å². The standard InChI is InChI=1S/C7H6N4S.C6H6O2/c12-7-8-9-10-11(7)6-4-2-1-3-5-6;7-5-1-2-6(8)4-3-5/h1-5H,(H,8,10,12);1-4,7-8H. The van der Waals surface area contributed by atoms with Crippen LogP contribution in [0.5, 0.6) is 11.5 Å². The Balaban J connectivity index is 0.000000160. The summed E-state index contributed by atoms with van der Waals surface area (Å²) in [4.78, 5) is 0. The summed E-state index contributed by atoms with van der Waals surface area (Å²) in [5.41, 5.74) is 0.938. The molecule has 0 unspecified atom stereocenters. The zero-order valence-electron chi connectivity index (χ0n) is 10.3. The van der Waals surface area contributed by atoms with Gasteiger partial charge in [0, 0.05) is 0 Å². The van der Waals surface area contributed by atoms with Crippen molar-refractivity contribution in [2.24, 2.45) is 0 Å². The van der Waals surface area contributed by atoms with Crippen molar-refractivity contribution in [1.29, 1.82) is 0 Å². The first-order valence-electron chi connectivity index (χ1n) is 5.70. The number of H-pyrrole nitrogens is 1. The topological polar surface area (TPSA) is 87.0 Å². The molecule has 3 N–H and O–H groups in total. The molecule has 0 fully saturated rings. The SMILES string of the molecule is Oc1ccc(O)cc1.S=c1nn[nH]n1-c1ccccc1. The summed E-state index contributed by atoms with van der Waals surface area (Å²) in [5, 5.41) is 27.2. The van der Waals surface area contributed by atoms with E-state index in [9.17, 15) is 0 Å². The van der Waals surface area contributed by atoms with Gasteiger partial charge in [-0.05, 0) is 48.6 Å². The molecule has 7 heteroatoms. The van der Waals surface area contributed by atoms with E-state index in [1.54, 1.807) is 4.68 Å². The van der Waals surface area contributed by atoms with Gasteiger partial charge in [-0.3, -0.25) is 0 Å². The van der Waals surface area contributed by atoms with E-state index >= 15 is 0 Å². The van der Waals surface area contributed by atoms with Crippen molar-refractivity contribution in [3.05, 3.63) is 59.4 Å². The summed E-state index contributed by atoms with van der Waals surface area (Å²) in [7, 11) is 0. The van der Waals surface area contributed by atoms with Gasteiger partial charge in [0.2, 0.25) is 4.77 Å². The van der Waals surface area contributed by atoms with Crippen LogP contribution in [0.1, 0.15) is 0 Å². The Labute approximate surface area is 119 Å². The van der Waals surface area contributed by atoms with E-state index in [2.05, 4.69) is 15.5 Å². The number of aromatic nitrogens is 4. The lowest BCUT2D eigenvalue weighted by Gasteiger charge is -1.97. The molecule has 1 aromatic heterocycles. The quantitative estimate of drug-likeness (QED) is 0.473. The Morgan fingerprint density at radius 2 is 1.45 bits per heavy atom. The summed E-state index contributed by atoms with van der Waals surface area (Å²) in [6, 6.07) is 15.4. The fourth-order valence-electron chi connectivity index (χ4n) is 1.40. The average molecular weight is 288 g/mol. The van der Waals surface area contributed by atoms with E-state index in [1.807, 2.05) is 30.3 Å². The number of nitrogens with one attached hydrogen (secondary N) is 1. The molecule has 0 spiro atoms. The highest BCUT2D eigenvalue weighted by atomic mass is 32.1. The number of benzene rings is 2. The molecule has 0 aliphatic heterocycles. The number of aromatic amines is 1. The Bertz CT molecular complexity index is 686. The Hall–Kier alpha value is -2.67. The molecule has 102 valence electrons. The molecule has 3 rings (SSSR count). The van der Waals surface area contributed by atoms with Crippen molar-refractivity contribution >= 4 is 12.2 Å². The Morgan fingerprint density at radius 3 is 1.90 bits per heavy atom. The van der Waals surface area contributed by atoms with E-state index in [-0.39, 0.29) is 11.5 Å². The minimum atomic E-state index is 0.169. The zero-order chi connectivity index (χ0) is 14.4. The number of tetrazole rings is 1. The van der Waals surface area contributed by atoms with Gasteiger partial charge in [0.05, 0.1) is 5.69 Å². The first-order valence-corrected chi connectivity index (χ1v) is 6.11. The molecule has 0 saturated carbocycles. The van der Waals surface area contributed by atoms with E-state index < -0.39 is 0 Å². The van der Waals surface area contributed by atoms with Gasteiger partial charge in [-0.2, -0.15) is 5.21 Å². The van der Waals surface area contributed by atoms with Crippen LogP contribution in [0, 0.1) is 4.77 Å². The van der Waals surface area contributed by atoms with Crippen LogP contribution in [0.25, 0.3) is 5.69 Å². The summed E-state index contributed by atoms with van der Waals surface area (Å²) < 4.78 is 2.07. The van der Waals surface area contributed by atoms with Crippen molar-refractivity contribution in [1.82, 2.24) is 20.2 Å². The van der Waals surface area contributed by atoms with Gasteiger partial charge < -0.3 is 10.2 Å². The third-order valence-corrected chi connectivity index (χ3v) is 2.60. The number of aromatic hydroxyl groups is 2. The van der Waals surface area contributed by atoms with Gasteiger partial charge in [0.25, 0.3) is 0 Å². The molecule has 6 nitrogen and oxygen atoms in total. The van der Waals surface area contributed by atoms with Gasteiger partial charge in [-0.1, -0.05) is 28.5 Å². The van der Waals surface area contributed by atoms with Gasteiger partial charge in [-0.15, -0.1) is 0 Å². The highest BCUT2D eigenvalue weighted by Gasteiger charge is 1.95. The van der Waals surface area contributed by atoms with Crippen molar-refractivity contribution < 1.29 is 10.2 Å². The minimum absolute atomic E-state index is 0.169. The van der Waals surface area contributed by atoms with Crippen molar-refractivity contribution in [3.63, 3.8) is 0 Å². The molecular formula is C13H12N4O2S. The second kappa shape index (κ2) is 6.48. The maximum Gasteiger partial charge on any atom is 0.242 e. The van der Waals surface area contributed by atoms with E-state index in [0.717, 1.165) is 5.69 Å². The second-order valence-corrected chi connectivity index (χ2v) is 4.14. The lowest BCUT2D eigenvalue weighted by atomic mass is 10.3. The molecule has 3 aromatic rings. The maximum absolute atomic E-state index is 8.65. The van der Waals surface area contributed by atoms with E-state index in [0.29, 0.717) is 4.77 Å². The lowest BCUT2D eigenvalue weighted by Crippen LogP contribution is -1.95. The average Bonchev–Trinajstić information content (AvgIpc) is 2.90. The lowest BCUT2D eigenvalue weighted by molar-refractivity contribution is 0.460. The predicted octanol–water partition coefficient (Wildman–Crippen LogP) is 2.42. The van der Waals surface area contributed by atoms with E-state index in [1.165, 1.54) is 24.3 Å². The van der Waals surface area contributed by atoms with Gasteiger partial charge in [0.15, 0.2) is 0 Å². The van der Waals surface area contributed by atoms with Crippen molar-refractivity contribution in [2.45, 2.75) is 0 Å². The van der Waals surface area contributed by atoms with Gasteiger partial charge >= 0.3 is 0 Å². The molecule has 0 aliphatic carbocycles. The van der Waals surface area contributed by atoms with E-state index in [4.69, 9.17) is 22.4 Å². The molecule has 0 saturated heterocycles. The number of nitrogens with zero attached hydrogens (tertiary/aromatic N) is 3. The fraction of sp³-hybridized carbons (Fsp3) is 0. The molecule has 2 aromatic carbocycles. The van der Waals surface area contributed by atoms with Crippen LogP contribution in [0.3, 0.4) is 0 Å². The summed E-state index contributed by atoms with van der Waals surface area (Å²) >= 11 is 4.93.